The highest BCUT2D eigenvalue weighted by molar-refractivity contribution is 5.83. The van der Waals surface area contributed by atoms with E-state index in [9.17, 15) is 4.79 Å². The fraction of sp³-hybridized carbons (Fsp3) is 0.167. The van der Waals surface area contributed by atoms with Crippen molar-refractivity contribution in [2.75, 3.05) is 5.32 Å². The summed E-state index contributed by atoms with van der Waals surface area (Å²) < 4.78 is 5.08. The van der Waals surface area contributed by atoms with Gasteiger partial charge in [-0.3, -0.25) is 5.32 Å². The van der Waals surface area contributed by atoms with Gasteiger partial charge >= 0.3 is 6.09 Å². The van der Waals surface area contributed by atoms with Crippen molar-refractivity contribution in [1.29, 1.82) is 0 Å². The number of benzene rings is 1. The number of anilines is 1. The number of carboxylic acid groups (broad SMARTS) is 1. The fourth-order valence-corrected chi connectivity index (χ4v) is 1.74. The molecule has 2 N–H and O–H groups in total. The predicted molar refractivity (Wildman–Crippen MR) is 63.1 cm³/mol. The molecule has 0 unspecified atom stereocenters. The number of rotatable bonds is 2. The molecule has 0 saturated heterocycles. The second kappa shape index (κ2) is 4.29. The van der Waals surface area contributed by atoms with E-state index < -0.39 is 6.09 Å². The highest BCUT2D eigenvalue weighted by Gasteiger charge is 2.11. The van der Waals surface area contributed by atoms with Crippen LogP contribution in [0.4, 0.5) is 10.5 Å². The smallest absolute Gasteiger partial charge is 0.409 e. The molecule has 0 bridgehead atoms. The van der Waals surface area contributed by atoms with E-state index in [2.05, 4.69) is 10.5 Å². The van der Waals surface area contributed by atoms with Gasteiger partial charge in [-0.05, 0) is 31.5 Å². The third-order valence-electron chi connectivity index (χ3n) is 2.46. The van der Waals surface area contributed by atoms with E-state index in [1.54, 1.807) is 12.1 Å². The van der Waals surface area contributed by atoms with Crippen molar-refractivity contribution in [2.24, 2.45) is 0 Å². The summed E-state index contributed by atoms with van der Waals surface area (Å²) in [5, 5.41) is 14.7. The minimum Gasteiger partial charge on any atom is -0.465 e. The first-order chi connectivity index (χ1) is 8.08. The summed E-state index contributed by atoms with van der Waals surface area (Å²) in [4.78, 5) is 10.5. The lowest BCUT2D eigenvalue weighted by molar-refractivity contribution is 0.210. The summed E-state index contributed by atoms with van der Waals surface area (Å²) in [6, 6.07) is 7.07. The van der Waals surface area contributed by atoms with Crippen molar-refractivity contribution in [3.05, 3.63) is 35.7 Å². The number of amides is 1. The Balaban J connectivity index is 2.33. The minimum absolute atomic E-state index is 0.535. The van der Waals surface area contributed by atoms with Crippen molar-refractivity contribution >= 4 is 11.8 Å². The number of aromatic nitrogens is 1. The first-order valence-corrected chi connectivity index (χ1v) is 5.11. The third kappa shape index (κ3) is 2.28. The number of nitrogens with zero attached hydrogens (tertiary/aromatic N) is 1. The minimum atomic E-state index is -1.07. The molecule has 0 atom stereocenters. The molecular weight excluding hydrogens is 220 g/mol. The van der Waals surface area contributed by atoms with E-state index in [1.165, 1.54) is 0 Å². The zero-order valence-electron chi connectivity index (χ0n) is 9.52. The first-order valence-electron chi connectivity index (χ1n) is 5.11. The van der Waals surface area contributed by atoms with Gasteiger partial charge in [-0.15, -0.1) is 0 Å². The second-order valence-corrected chi connectivity index (χ2v) is 3.71. The number of aryl methyl sites for hydroxylation is 2. The first kappa shape index (κ1) is 11.2. The Morgan fingerprint density at radius 2 is 1.94 bits per heavy atom. The lowest BCUT2D eigenvalue weighted by Crippen LogP contribution is -2.06. The molecule has 2 aromatic rings. The molecule has 1 amide bonds. The van der Waals surface area contributed by atoms with E-state index in [0.29, 0.717) is 5.69 Å². The van der Waals surface area contributed by atoms with Gasteiger partial charge in [0.1, 0.15) is 5.76 Å². The van der Waals surface area contributed by atoms with Crippen molar-refractivity contribution < 1.29 is 14.4 Å². The molecule has 88 valence electrons. The highest BCUT2D eigenvalue weighted by atomic mass is 16.5. The Labute approximate surface area is 98.1 Å². The molecule has 0 aliphatic carbocycles. The van der Waals surface area contributed by atoms with Crippen LogP contribution in [-0.2, 0) is 0 Å². The van der Waals surface area contributed by atoms with Crippen LogP contribution >= 0.6 is 0 Å². The van der Waals surface area contributed by atoms with Gasteiger partial charge in [-0.1, -0.05) is 17.3 Å². The molecule has 0 spiro atoms. The molecule has 1 aromatic carbocycles. The molecule has 0 fully saturated rings. The van der Waals surface area contributed by atoms with Crippen LogP contribution in [0.15, 0.2) is 28.8 Å². The standard InChI is InChI=1S/C12H12N2O3/c1-7-11(8(2)17-14-7)9-3-5-10(6-4-9)13-12(15)16/h3-6,13H,1-2H3,(H,15,16). The van der Waals surface area contributed by atoms with Crippen LogP contribution in [0, 0.1) is 13.8 Å². The van der Waals surface area contributed by atoms with Crippen LogP contribution in [0.25, 0.3) is 11.1 Å². The summed E-state index contributed by atoms with van der Waals surface area (Å²) in [6.45, 7) is 3.72. The third-order valence-corrected chi connectivity index (χ3v) is 2.46. The van der Waals surface area contributed by atoms with Crippen molar-refractivity contribution in [2.45, 2.75) is 13.8 Å². The maximum Gasteiger partial charge on any atom is 0.409 e. The molecule has 2 rings (SSSR count). The lowest BCUT2D eigenvalue weighted by atomic mass is 10.0. The lowest BCUT2D eigenvalue weighted by Gasteiger charge is -2.03. The van der Waals surface area contributed by atoms with E-state index in [0.717, 1.165) is 22.6 Å². The topological polar surface area (TPSA) is 75.4 Å². The Kier molecular flexibility index (Phi) is 2.82. The number of carbonyl (C=O) groups is 1. The van der Waals surface area contributed by atoms with Crippen LogP contribution in [-0.4, -0.2) is 16.4 Å². The molecule has 0 radical (unpaired) electrons. The monoisotopic (exact) mass is 232 g/mol. The molecule has 1 heterocycles. The zero-order chi connectivity index (χ0) is 12.4. The van der Waals surface area contributed by atoms with Gasteiger partial charge in [0.15, 0.2) is 0 Å². The van der Waals surface area contributed by atoms with Crippen molar-refractivity contribution in [1.82, 2.24) is 5.16 Å². The maximum atomic E-state index is 10.5. The Hall–Kier alpha value is -2.30. The summed E-state index contributed by atoms with van der Waals surface area (Å²) in [5.74, 6) is 0.751. The van der Waals surface area contributed by atoms with E-state index in [4.69, 9.17) is 9.63 Å². The van der Waals surface area contributed by atoms with Gasteiger partial charge in [-0.25, -0.2) is 4.79 Å². The molecular formula is C12H12N2O3. The Morgan fingerprint density at radius 1 is 1.29 bits per heavy atom. The van der Waals surface area contributed by atoms with E-state index >= 15 is 0 Å². The van der Waals surface area contributed by atoms with E-state index in [-0.39, 0.29) is 0 Å². The summed E-state index contributed by atoms with van der Waals surface area (Å²) in [7, 11) is 0. The van der Waals surface area contributed by atoms with Crippen LogP contribution in [0.2, 0.25) is 0 Å². The van der Waals surface area contributed by atoms with Gasteiger partial charge in [-0.2, -0.15) is 0 Å². The molecule has 5 heteroatoms. The molecule has 5 nitrogen and oxygen atoms in total. The van der Waals surface area contributed by atoms with E-state index in [1.807, 2.05) is 26.0 Å². The van der Waals surface area contributed by atoms with Gasteiger partial charge < -0.3 is 9.63 Å². The van der Waals surface area contributed by atoms with Crippen LogP contribution < -0.4 is 5.32 Å². The van der Waals surface area contributed by atoms with Crippen molar-refractivity contribution in [3.8, 4) is 11.1 Å². The highest BCUT2D eigenvalue weighted by Crippen LogP contribution is 2.27. The molecule has 0 aliphatic heterocycles. The zero-order valence-corrected chi connectivity index (χ0v) is 9.52. The molecule has 1 aromatic heterocycles. The quantitative estimate of drug-likeness (QED) is 0.834. The fourth-order valence-electron chi connectivity index (χ4n) is 1.74. The maximum absolute atomic E-state index is 10.5. The molecule has 0 aliphatic rings. The molecule has 17 heavy (non-hydrogen) atoms. The van der Waals surface area contributed by atoms with Crippen LogP contribution in [0.1, 0.15) is 11.5 Å². The summed E-state index contributed by atoms with van der Waals surface area (Å²) >= 11 is 0. The van der Waals surface area contributed by atoms with Crippen LogP contribution in [0.3, 0.4) is 0 Å². The predicted octanol–water partition coefficient (Wildman–Crippen LogP) is 3.05. The second-order valence-electron chi connectivity index (χ2n) is 3.71. The Bertz CT molecular complexity index is 524. The Morgan fingerprint density at radius 3 is 2.41 bits per heavy atom. The van der Waals surface area contributed by atoms with Gasteiger partial charge in [0.2, 0.25) is 0 Å². The largest absolute Gasteiger partial charge is 0.465 e. The average Bonchev–Trinajstić information content (AvgIpc) is 2.59. The van der Waals surface area contributed by atoms with Gasteiger partial charge in [0, 0.05) is 11.3 Å². The van der Waals surface area contributed by atoms with Crippen molar-refractivity contribution in [3.63, 3.8) is 0 Å². The van der Waals surface area contributed by atoms with Gasteiger partial charge in [0.05, 0.1) is 5.69 Å². The normalized spacial score (nSPS) is 10.2. The average molecular weight is 232 g/mol. The van der Waals surface area contributed by atoms with Crippen LogP contribution in [0.5, 0.6) is 0 Å². The summed E-state index contributed by atoms with van der Waals surface area (Å²) in [5.41, 5.74) is 3.26. The molecule has 0 saturated carbocycles. The summed E-state index contributed by atoms with van der Waals surface area (Å²) in [6.07, 6.45) is -1.07. The number of hydrogen-bond donors (Lipinski definition) is 2. The number of nitrogens with one attached hydrogen (secondary N) is 1. The van der Waals surface area contributed by atoms with Gasteiger partial charge in [0.25, 0.3) is 0 Å². The number of hydrogen-bond acceptors (Lipinski definition) is 3. The SMILES string of the molecule is Cc1noc(C)c1-c1ccc(NC(=O)O)cc1.